The number of pyridine rings is 1. The van der Waals surface area contributed by atoms with Crippen LogP contribution in [0.3, 0.4) is 0 Å². The zero-order chi connectivity index (χ0) is 24.4. The van der Waals surface area contributed by atoms with Gasteiger partial charge in [-0.25, -0.2) is 4.68 Å². The van der Waals surface area contributed by atoms with Gasteiger partial charge in [0.2, 0.25) is 0 Å². The van der Waals surface area contributed by atoms with Crippen LogP contribution in [0.1, 0.15) is 95.1 Å². The average molecular weight is 479 g/mol. The Morgan fingerprint density at radius 3 is 2.54 bits per heavy atom. The Bertz CT molecular complexity index is 1190. The Balaban J connectivity index is 1.52. The summed E-state index contributed by atoms with van der Waals surface area (Å²) in [5.74, 6) is 2.01. The van der Waals surface area contributed by atoms with Crippen LogP contribution in [0.4, 0.5) is 0 Å². The van der Waals surface area contributed by atoms with Crippen molar-refractivity contribution >= 4 is 10.9 Å². The van der Waals surface area contributed by atoms with Crippen molar-refractivity contribution in [1.82, 2.24) is 30.1 Å². The molecule has 2 saturated carbocycles. The fraction of sp³-hybridized carbons (Fsp3) is 0.630. The molecule has 1 aromatic carbocycles. The third-order valence-electron chi connectivity index (χ3n) is 7.97. The van der Waals surface area contributed by atoms with Crippen molar-refractivity contribution in [1.29, 1.82) is 0 Å². The molecule has 1 N–H and O–H groups in total. The molecule has 0 bridgehead atoms. The Labute approximate surface area is 207 Å². The number of rotatable bonds is 8. The van der Waals surface area contributed by atoms with Gasteiger partial charge >= 0.3 is 0 Å². The highest BCUT2D eigenvalue weighted by molar-refractivity contribution is 5.80. The predicted molar refractivity (Wildman–Crippen MR) is 136 cm³/mol. The maximum atomic E-state index is 13.2. The normalized spacial score (nSPS) is 18.7. The number of methoxy groups -OCH3 is 1. The first-order valence-electron chi connectivity index (χ1n) is 13.3. The molecular formula is C27H38N6O2. The van der Waals surface area contributed by atoms with E-state index in [0.717, 1.165) is 53.7 Å². The molecule has 1 atom stereocenters. The second-order valence-electron chi connectivity index (χ2n) is 10.6. The van der Waals surface area contributed by atoms with Gasteiger partial charge in [-0.3, -0.25) is 9.69 Å². The van der Waals surface area contributed by atoms with Crippen LogP contribution in [0.5, 0.6) is 5.75 Å². The third-order valence-corrected chi connectivity index (χ3v) is 7.97. The smallest absolute Gasteiger partial charge is 0.252 e. The minimum Gasteiger partial charge on any atom is -0.497 e. The maximum Gasteiger partial charge on any atom is 0.252 e. The molecule has 2 aliphatic rings. The van der Waals surface area contributed by atoms with Crippen LogP contribution in [0.2, 0.25) is 0 Å². The first-order chi connectivity index (χ1) is 17.0. The summed E-state index contributed by atoms with van der Waals surface area (Å²) < 4.78 is 7.45. The van der Waals surface area contributed by atoms with Crippen LogP contribution in [0.25, 0.3) is 10.9 Å². The van der Waals surface area contributed by atoms with Gasteiger partial charge in [-0.1, -0.05) is 46.0 Å². The van der Waals surface area contributed by atoms with Crippen molar-refractivity contribution in [3.63, 3.8) is 0 Å². The summed E-state index contributed by atoms with van der Waals surface area (Å²) in [6, 6.07) is 8.72. The van der Waals surface area contributed by atoms with E-state index in [1.807, 2.05) is 24.3 Å². The van der Waals surface area contributed by atoms with E-state index in [1.165, 1.54) is 32.1 Å². The van der Waals surface area contributed by atoms with E-state index < -0.39 is 0 Å². The highest BCUT2D eigenvalue weighted by Crippen LogP contribution is 2.38. The number of hydrogen-bond donors (Lipinski definition) is 1. The molecule has 0 aliphatic heterocycles. The van der Waals surface area contributed by atoms with Crippen LogP contribution in [0.15, 0.2) is 29.1 Å². The molecular weight excluding hydrogens is 440 g/mol. The summed E-state index contributed by atoms with van der Waals surface area (Å²) in [4.78, 5) is 18.8. The first-order valence-corrected chi connectivity index (χ1v) is 13.3. The summed E-state index contributed by atoms with van der Waals surface area (Å²) in [6.45, 7) is 5.09. The molecule has 188 valence electrons. The number of fused-ring (bicyclic) bond motifs is 1. The van der Waals surface area contributed by atoms with Gasteiger partial charge in [0, 0.05) is 24.2 Å². The van der Waals surface area contributed by atoms with E-state index in [1.54, 1.807) is 7.11 Å². The summed E-state index contributed by atoms with van der Waals surface area (Å²) in [5, 5.41) is 14.2. The zero-order valence-electron chi connectivity index (χ0n) is 21.2. The fourth-order valence-electron chi connectivity index (χ4n) is 6.17. The van der Waals surface area contributed by atoms with Gasteiger partial charge in [0.25, 0.3) is 5.56 Å². The number of tetrazole rings is 1. The quantitative estimate of drug-likeness (QED) is 0.480. The van der Waals surface area contributed by atoms with Crippen molar-refractivity contribution in [3.8, 4) is 5.75 Å². The molecule has 1 unspecified atom stereocenters. The number of ether oxygens (including phenoxy) is 1. The van der Waals surface area contributed by atoms with Crippen molar-refractivity contribution < 1.29 is 4.74 Å². The average Bonchev–Trinajstić information content (AvgIpc) is 3.57. The van der Waals surface area contributed by atoms with Crippen LogP contribution in [0, 0.1) is 5.92 Å². The number of benzene rings is 1. The molecule has 2 aromatic heterocycles. The minimum absolute atomic E-state index is 0.0388. The van der Waals surface area contributed by atoms with Crippen LogP contribution in [-0.4, -0.2) is 43.2 Å². The molecule has 0 saturated heterocycles. The largest absolute Gasteiger partial charge is 0.497 e. The second kappa shape index (κ2) is 10.5. The van der Waals surface area contributed by atoms with Gasteiger partial charge in [-0.2, -0.15) is 0 Å². The van der Waals surface area contributed by atoms with E-state index >= 15 is 0 Å². The lowest BCUT2D eigenvalue weighted by atomic mass is 9.94. The molecule has 2 aliphatic carbocycles. The summed E-state index contributed by atoms with van der Waals surface area (Å²) >= 11 is 0. The number of aromatic amines is 1. The van der Waals surface area contributed by atoms with E-state index in [2.05, 4.69) is 43.9 Å². The number of hydrogen-bond acceptors (Lipinski definition) is 6. The zero-order valence-corrected chi connectivity index (χ0v) is 21.2. The lowest BCUT2D eigenvalue weighted by molar-refractivity contribution is 0.0815. The van der Waals surface area contributed by atoms with E-state index in [0.29, 0.717) is 24.5 Å². The lowest BCUT2D eigenvalue weighted by Crippen LogP contribution is -2.41. The van der Waals surface area contributed by atoms with E-state index in [-0.39, 0.29) is 11.6 Å². The number of nitrogens with zero attached hydrogens (tertiary/aromatic N) is 5. The molecule has 2 fully saturated rings. The van der Waals surface area contributed by atoms with Crippen LogP contribution >= 0.6 is 0 Å². The Hall–Kier alpha value is -2.74. The lowest BCUT2D eigenvalue weighted by Gasteiger charge is -2.38. The summed E-state index contributed by atoms with van der Waals surface area (Å²) in [5.41, 5.74) is 1.55. The second-order valence-corrected chi connectivity index (χ2v) is 10.6. The molecule has 35 heavy (non-hydrogen) atoms. The molecule has 8 nitrogen and oxygen atoms in total. The topological polar surface area (TPSA) is 88.9 Å². The minimum atomic E-state index is -0.0388. The molecule has 8 heteroatoms. The van der Waals surface area contributed by atoms with Crippen LogP contribution < -0.4 is 10.3 Å². The van der Waals surface area contributed by atoms with Gasteiger partial charge in [0.05, 0.1) is 24.7 Å². The predicted octanol–water partition coefficient (Wildman–Crippen LogP) is 5.17. The summed E-state index contributed by atoms with van der Waals surface area (Å²) in [7, 11) is 1.64. The Morgan fingerprint density at radius 1 is 1.09 bits per heavy atom. The van der Waals surface area contributed by atoms with Crippen molar-refractivity contribution in [3.05, 3.63) is 46.0 Å². The maximum absolute atomic E-state index is 13.2. The number of aromatic nitrogens is 5. The van der Waals surface area contributed by atoms with Gasteiger partial charge in [-0.15, -0.1) is 5.10 Å². The highest BCUT2D eigenvalue weighted by atomic mass is 16.5. The standard InChI is InChI=1S/C27H38N6O2/c1-18(2)25(26-29-30-31-33(26)22-11-5-4-6-12-22)32(21-9-7-8-10-21)17-20-15-19-13-14-23(35-3)16-24(19)28-27(20)34/h13-16,18,21-22,25H,4-12,17H2,1-3H3,(H,28,34). The fourth-order valence-corrected chi connectivity index (χ4v) is 6.17. The molecule has 0 amide bonds. The SMILES string of the molecule is COc1ccc2cc(CN(C3CCCC3)C(c3nnnn3C3CCCCC3)C(C)C)c(=O)[nH]c2c1. The van der Waals surface area contributed by atoms with Gasteiger partial charge in [0.15, 0.2) is 5.82 Å². The first kappa shape index (κ1) is 24.0. The van der Waals surface area contributed by atoms with Gasteiger partial charge in [0.1, 0.15) is 5.75 Å². The molecule has 0 radical (unpaired) electrons. The van der Waals surface area contributed by atoms with Crippen molar-refractivity contribution in [2.24, 2.45) is 5.92 Å². The van der Waals surface area contributed by atoms with E-state index in [4.69, 9.17) is 4.74 Å². The number of nitrogens with one attached hydrogen (secondary N) is 1. The molecule has 0 spiro atoms. The third kappa shape index (κ3) is 4.99. The monoisotopic (exact) mass is 478 g/mol. The van der Waals surface area contributed by atoms with Crippen molar-refractivity contribution in [2.75, 3.05) is 7.11 Å². The summed E-state index contributed by atoms with van der Waals surface area (Å²) in [6.07, 6.45) is 10.8. The Kier molecular flexibility index (Phi) is 7.18. The Morgan fingerprint density at radius 2 is 1.83 bits per heavy atom. The number of H-pyrrole nitrogens is 1. The van der Waals surface area contributed by atoms with Crippen molar-refractivity contribution in [2.45, 2.75) is 96.3 Å². The molecule has 2 heterocycles. The molecule has 5 rings (SSSR count). The van der Waals surface area contributed by atoms with Gasteiger partial charge in [-0.05, 0) is 65.6 Å². The van der Waals surface area contributed by atoms with E-state index in [9.17, 15) is 4.79 Å². The van der Waals surface area contributed by atoms with Gasteiger partial charge < -0.3 is 9.72 Å². The molecule has 3 aromatic rings. The van der Waals surface area contributed by atoms with Crippen LogP contribution in [-0.2, 0) is 6.54 Å². The highest BCUT2D eigenvalue weighted by Gasteiger charge is 2.36.